The second kappa shape index (κ2) is 10.3. The molecule has 0 spiro atoms. The predicted molar refractivity (Wildman–Crippen MR) is 131 cm³/mol. The van der Waals surface area contributed by atoms with Gasteiger partial charge in [-0.25, -0.2) is 9.18 Å². The fourth-order valence-corrected chi connectivity index (χ4v) is 4.24. The Hall–Kier alpha value is -3.94. The van der Waals surface area contributed by atoms with Crippen molar-refractivity contribution in [2.75, 3.05) is 17.2 Å². The summed E-state index contributed by atoms with van der Waals surface area (Å²) < 4.78 is 15.1. The van der Waals surface area contributed by atoms with Gasteiger partial charge in [0.1, 0.15) is 11.6 Å². The van der Waals surface area contributed by atoms with Gasteiger partial charge in [-0.05, 0) is 55.9 Å². The van der Waals surface area contributed by atoms with Gasteiger partial charge < -0.3 is 10.6 Å². The van der Waals surface area contributed by atoms with Crippen LogP contribution in [0, 0.1) is 5.82 Å². The van der Waals surface area contributed by atoms with Crippen molar-refractivity contribution in [3.63, 3.8) is 0 Å². The van der Waals surface area contributed by atoms with Crippen LogP contribution in [0.4, 0.5) is 15.9 Å². The number of nitrogens with one attached hydrogen (secondary N) is 1. The van der Waals surface area contributed by atoms with Gasteiger partial charge in [-0.1, -0.05) is 48.0 Å². The largest absolute Gasteiger partial charge is 0.383 e. The molecule has 8 heteroatoms. The van der Waals surface area contributed by atoms with Gasteiger partial charge >= 0.3 is 5.69 Å². The van der Waals surface area contributed by atoms with Crippen molar-refractivity contribution in [3.05, 3.63) is 104 Å². The van der Waals surface area contributed by atoms with Crippen LogP contribution in [0.5, 0.6) is 0 Å². The number of anilines is 2. The number of nitrogen functional groups attached to an aromatic ring is 1. The highest BCUT2D eigenvalue weighted by molar-refractivity contribution is 6.07. The highest BCUT2D eigenvalue weighted by Gasteiger charge is 2.26. The molecule has 2 aromatic carbocycles. The van der Waals surface area contributed by atoms with Crippen LogP contribution in [0.15, 0.2) is 75.8 Å². The van der Waals surface area contributed by atoms with Gasteiger partial charge in [0.25, 0.3) is 11.5 Å². The van der Waals surface area contributed by atoms with Crippen LogP contribution in [0.2, 0.25) is 0 Å². The molecule has 0 saturated carbocycles. The van der Waals surface area contributed by atoms with E-state index in [1.54, 1.807) is 0 Å². The summed E-state index contributed by atoms with van der Waals surface area (Å²) in [4.78, 5) is 42.6. The van der Waals surface area contributed by atoms with E-state index in [1.807, 2.05) is 30.3 Å². The summed E-state index contributed by atoms with van der Waals surface area (Å²) in [5.41, 5.74) is 6.93. The molecule has 4 rings (SSSR count). The lowest BCUT2D eigenvalue weighted by molar-refractivity contribution is 0.0986. The number of carbonyl (C=O) groups excluding carboxylic acids is 1. The second-order valence-electron chi connectivity index (χ2n) is 8.39. The van der Waals surface area contributed by atoms with Gasteiger partial charge in [-0.3, -0.25) is 19.1 Å². The minimum Gasteiger partial charge on any atom is -0.383 e. The Morgan fingerprint density at radius 3 is 2.59 bits per heavy atom. The lowest BCUT2D eigenvalue weighted by Gasteiger charge is -2.26. The third-order valence-electron chi connectivity index (χ3n) is 6.03. The van der Waals surface area contributed by atoms with Crippen molar-refractivity contribution in [1.82, 2.24) is 9.55 Å². The zero-order chi connectivity index (χ0) is 24.1. The number of hydrogen-bond acceptors (Lipinski definition) is 4. The van der Waals surface area contributed by atoms with Crippen LogP contribution in [-0.2, 0) is 6.54 Å². The summed E-state index contributed by atoms with van der Waals surface area (Å²) in [7, 11) is 0. The molecule has 1 aromatic heterocycles. The molecule has 1 heterocycles. The first kappa shape index (κ1) is 23.2. The van der Waals surface area contributed by atoms with E-state index in [0.717, 1.165) is 37.3 Å². The topological polar surface area (TPSA) is 101 Å². The van der Waals surface area contributed by atoms with Crippen LogP contribution in [-0.4, -0.2) is 22.0 Å². The molecule has 1 aliphatic rings. The average Bonchev–Trinajstić information content (AvgIpc) is 2.84. The van der Waals surface area contributed by atoms with Gasteiger partial charge in [-0.2, -0.15) is 0 Å². The van der Waals surface area contributed by atoms with E-state index in [4.69, 9.17) is 5.73 Å². The summed E-state index contributed by atoms with van der Waals surface area (Å²) in [5, 5.41) is 0. The minimum absolute atomic E-state index is 0.0947. The Balaban J connectivity index is 1.77. The first-order chi connectivity index (χ1) is 16.4. The number of allylic oxidation sites excluding steroid dienone is 1. The molecule has 0 aliphatic heterocycles. The fourth-order valence-electron chi connectivity index (χ4n) is 4.24. The maximum absolute atomic E-state index is 13.9. The Bertz CT molecular complexity index is 1330. The predicted octanol–water partition coefficient (Wildman–Crippen LogP) is 3.84. The van der Waals surface area contributed by atoms with Crippen LogP contribution in [0.25, 0.3) is 0 Å². The third kappa shape index (κ3) is 5.17. The summed E-state index contributed by atoms with van der Waals surface area (Å²) >= 11 is 0. The smallest absolute Gasteiger partial charge is 0.330 e. The molecular formula is C26H27FN4O3. The molecule has 3 aromatic rings. The van der Waals surface area contributed by atoms with E-state index in [2.05, 4.69) is 11.1 Å². The molecule has 0 radical (unpaired) electrons. The van der Waals surface area contributed by atoms with Crippen LogP contribution >= 0.6 is 0 Å². The lowest BCUT2D eigenvalue weighted by atomic mass is 9.97. The monoisotopic (exact) mass is 462 g/mol. The third-order valence-corrected chi connectivity index (χ3v) is 6.03. The first-order valence-electron chi connectivity index (χ1n) is 11.4. The number of H-pyrrole nitrogens is 1. The Labute approximate surface area is 196 Å². The molecule has 7 nitrogen and oxygen atoms in total. The summed E-state index contributed by atoms with van der Waals surface area (Å²) in [6.45, 7) is 0.306. The van der Waals surface area contributed by atoms with E-state index in [0.29, 0.717) is 6.42 Å². The molecule has 34 heavy (non-hydrogen) atoms. The SMILES string of the molecule is Nc1c(N(CCC2=CCCCC2)C(=O)c2cccc(F)c2)c(=O)[nH]c(=O)n1Cc1ccccc1. The Kier molecular flexibility index (Phi) is 7.06. The highest BCUT2D eigenvalue weighted by Crippen LogP contribution is 2.25. The molecule has 0 saturated heterocycles. The Morgan fingerprint density at radius 1 is 1.09 bits per heavy atom. The van der Waals surface area contributed by atoms with Crippen molar-refractivity contribution in [2.45, 2.75) is 38.6 Å². The van der Waals surface area contributed by atoms with Crippen LogP contribution in [0.1, 0.15) is 48.0 Å². The molecule has 0 unspecified atom stereocenters. The molecule has 176 valence electrons. The van der Waals surface area contributed by atoms with Gasteiger partial charge in [-0.15, -0.1) is 0 Å². The van der Waals surface area contributed by atoms with E-state index in [1.165, 1.54) is 33.2 Å². The molecule has 3 N–H and O–H groups in total. The number of aromatic amines is 1. The number of benzene rings is 2. The van der Waals surface area contributed by atoms with Crippen LogP contribution < -0.4 is 21.9 Å². The van der Waals surface area contributed by atoms with Crippen molar-refractivity contribution in [2.24, 2.45) is 0 Å². The lowest BCUT2D eigenvalue weighted by Crippen LogP contribution is -2.42. The number of carbonyl (C=O) groups is 1. The van der Waals surface area contributed by atoms with Crippen molar-refractivity contribution >= 4 is 17.4 Å². The van der Waals surface area contributed by atoms with Crippen LogP contribution in [0.3, 0.4) is 0 Å². The van der Waals surface area contributed by atoms with Gasteiger partial charge in [0.15, 0.2) is 5.69 Å². The fraction of sp³-hybridized carbons (Fsp3) is 0.269. The molecule has 0 bridgehead atoms. The molecule has 1 amide bonds. The molecule has 0 fully saturated rings. The second-order valence-corrected chi connectivity index (χ2v) is 8.39. The highest BCUT2D eigenvalue weighted by atomic mass is 19.1. The maximum atomic E-state index is 13.9. The number of halogens is 1. The van der Waals surface area contributed by atoms with E-state index < -0.39 is 23.0 Å². The van der Waals surface area contributed by atoms with Gasteiger partial charge in [0, 0.05) is 12.1 Å². The average molecular weight is 463 g/mol. The maximum Gasteiger partial charge on any atom is 0.330 e. The quantitative estimate of drug-likeness (QED) is 0.521. The standard InChI is InChI=1S/C26H27FN4O3/c27-21-13-7-12-20(16-21)25(33)30(15-14-18-8-3-1-4-9-18)22-23(28)31(26(34)29-24(22)32)17-19-10-5-2-6-11-19/h2,5-8,10-13,16H,1,3-4,9,14-15,17,28H2,(H,29,32,34). The summed E-state index contributed by atoms with van der Waals surface area (Å²) in [6, 6.07) is 14.5. The minimum atomic E-state index is -0.755. The van der Waals surface area contributed by atoms with Crippen molar-refractivity contribution < 1.29 is 9.18 Å². The van der Waals surface area contributed by atoms with Crippen molar-refractivity contribution in [1.29, 1.82) is 0 Å². The molecule has 1 aliphatic carbocycles. The number of hydrogen-bond donors (Lipinski definition) is 2. The molecule has 0 atom stereocenters. The Morgan fingerprint density at radius 2 is 1.88 bits per heavy atom. The van der Waals surface area contributed by atoms with Gasteiger partial charge in [0.05, 0.1) is 6.54 Å². The zero-order valence-corrected chi connectivity index (χ0v) is 18.8. The van der Waals surface area contributed by atoms with Crippen molar-refractivity contribution in [3.8, 4) is 0 Å². The number of nitrogens with two attached hydrogens (primary N) is 1. The van der Waals surface area contributed by atoms with Gasteiger partial charge in [0.2, 0.25) is 0 Å². The summed E-state index contributed by atoms with van der Waals surface area (Å²) in [5.74, 6) is -1.23. The normalized spacial score (nSPS) is 13.4. The van der Waals surface area contributed by atoms with E-state index >= 15 is 0 Å². The zero-order valence-electron chi connectivity index (χ0n) is 18.8. The van der Waals surface area contributed by atoms with E-state index in [-0.39, 0.29) is 30.2 Å². The number of rotatable bonds is 7. The van der Waals surface area contributed by atoms with E-state index in [9.17, 15) is 18.8 Å². The number of aromatic nitrogens is 2. The summed E-state index contributed by atoms with van der Waals surface area (Å²) in [6.07, 6.45) is 6.84. The first-order valence-corrected chi connectivity index (χ1v) is 11.4. The number of nitrogens with zero attached hydrogens (tertiary/aromatic N) is 2. The number of amides is 1. The molecular weight excluding hydrogens is 435 g/mol.